The van der Waals surface area contributed by atoms with Gasteiger partial charge < -0.3 is 15.7 Å². The summed E-state index contributed by atoms with van der Waals surface area (Å²) in [5.41, 5.74) is 5.26. The molecule has 4 nitrogen and oxygen atoms in total. The molecule has 1 saturated carbocycles. The molecule has 0 saturated heterocycles. The Balaban J connectivity index is 0.00000196. The minimum Gasteiger partial charge on any atom is -0.383 e. The van der Waals surface area contributed by atoms with Crippen LogP contribution in [0, 0.1) is 5.92 Å². The summed E-state index contributed by atoms with van der Waals surface area (Å²) in [6.45, 7) is 0.397. The first-order valence-corrected chi connectivity index (χ1v) is 7.95. The molecule has 1 aliphatic carbocycles. The van der Waals surface area contributed by atoms with E-state index in [1.807, 2.05) is 6.26 Å². The molecule has 0 aromatic heterocycles. The minimum absolute atomic E-state index is 0. The number of rotatable bonds is 6. The van der Waals surface area contributed by atoms with Gasteiger partial charge in [0.1, 0.15) is 5.85 Å². The second-order valence-corrected chi connectivity index (χ2v) is 7.27. The number of halogens is 1. The van der Waals surface area contributed by atoms with Crippen LogP contribution in [0.2, 0.25) is 0 Å². The van der Waals surface area contributed by atoms with Crippen LogP contribution in [0.4, 0.5) is 0 Å². The number of aliphatic hydroxyl groups is 1. The zero-order valence-electron chi connectivity index (χ0n) is 8.70. The lowest BCUT2D eigenvalue weighted by atomic mass is 10.5. The Morgan fingerprint density at radius 3 is 2.67 bits per heavy atom. The lowest BCUT2D eigenvalue weighted by molar-refractivity contribution is 0.209. The third-order valence-electron chi connectivity index (χ3n) is 2.56. The standard InChI is InChI=1S/C8H18NO3PS.ClH/c1-14-7-5-6(7)8(10)13(11,12)4-2-3-9;/h6-8,10H,2-5,9H2,1H3,(H,11,12);1H. The first kappa shape index (κ1) is 15.8. The summed E-state index contributed by atoms with van der Waals surface area (Å²) in [6.07, 6.45) is 3.46. The van der Waals surface area contributed by atoms with Crippen LogP contribution in [0.3, 0.4) is 0 Å². The largest absolute Gasteiger partial charge is 0.383 e. The summed E-state index contributed by atoms with van der Waals surface area (Å²) in [6, 6.07) is 0. The number of hydrogen-bond donors (Lipinski definition) is 3. The van der Waals surface area contributed by atoms with Crippen LogP contribution >= 0.6 is 31.5 Å². The lowest BCUT2D eigenvalue weighted by Gasteiger charge is -2.17. The van der Waals surface area contributed by atoms with Crippen LogP contribution in [0.1, 0.15) is 12.8 Å². The fourth-order valence-electron chi connectivity index (χ4n) is 1.52. The highest BCUT2D eigenvalue weighted by Crippen LogP contribution is 2.57. The van der Waals surface area contributed by atoms with Gasteiger partial charge in [-0.1, -0.05) is 0 Å². The molecule has 0 bridgehead atoms. The Bertz CT molecular complexity index is 244. The fourth-order valence-corrected chi connectivity index (χ4v) is 4.38. The molecule has 1 rings (SSSR count). The molecule has 0 aliphatic heterocycles. The van der Waals surface area contributed by atoms with Gasteiger partial charge in [-0.05, 0) is 25.6 Å². The molecule has 1 fully saturated rings. The Morgan fingerprint density at radius 1 is 1.67 bits per heavy atom. The van der Waals surface area contributed by atoms with Gasteiger partial charge in [-0.25, -0.2) is 0 Å². The maximum absolute atomic E-state index is 11.7. The molecule has 4 N–H and O–H groups in total. The second kappa shape index (κ2) is 6.48. The van der Waals surface area contributed by atoms with E-state index < -0.39 is 13.2 Å². The average molecular weight is 276 g/mol. The van der Waals surface area contributed by atoms with Gasteiger partial charge in [-0.2, -0.15) is 11.8 Å². The number of nitrogens with two attached hydrogens (primary N) is 1. The monoisotopic (exact) mass is 275 g/mol. The zero-order valence-corrected chi connectivity index (χ0v) is 11.2. The third-order valence-corrected chi connectivity index (χ3v) is 5.87. The quantitative estimate of drug-likeness (QED) is 0.632. The van der Waals surface area contributed by atoms with Crippen molar-refractivity contribution in [2.24, 2.45) is 11.7 Å². The van der Waals surface area contributed by atoms with Crippen LogP contribution in [0.25, 0.3) is 0 Å². The average Bonchev–Trinajstić information content (AvgIpc) is 2.92. The zero-order chi connectivity index (χ0) is 10.8. The summed E-state index contributed by atoms with van der Waals surface area (Å²) in [5, 5.41) is 10.0. The molecule has 0 heterocycles. The van der Waals surface area contributed by atoms with E-state index in [2.05, 4.69) is 0 Å². The van der Waals surface area contributed by atoms with Crippen molar-refractivity contribution < 1.29 is 14.6 Å². The molecule has 0 aromatic carbocycles. The Morgan fingerprint density at radius 2 is 2.27 bits per heavy atom. The van der Waals surface area contributed by atoms with E-state index in [-0.39, 0.29) is 24.5 Å². The molecule has 0 radical (unpaired) electrons. The van der Waals surface area contributed by atoms with Crippen molar-refractivity contribution >= 4 is 31.5 Å². The number of thioether (sulfide) groups is 1. The van der Waals surface area contributed by atoms with E-state index in [0.717, 1.165) is 6.42 Å². The highest BCUT2D eigenvalue weighted by Gasteiger charge is 2.48. The van der Waals surface area contributed by atoms with Crippen molar-refractivity contribution in [2.75, 3.05) is 19.0 Å². The van der Waals surface area contributed by atoms with E-state index in [9.17, 15) is 14.6 Å². The van der Waals surface area contributed by atoms with Gasteiger partial charge in [0.15, 0.2) is 0 Å². The SMILES string of the molecule is CSC1CC1C(O)P(=O)(O)CCCN.Cl. The van der Waals surface area contributed by atoms with Gasteiger partial charge in [-0.15, -0.1) is 12.4 Å². The van der Waals surface area contributed by atoms with Crippen LogP contribution in [0.5, 0.6) is 0 Å². The van der Waals surface area contributed by atoms with Gasteiger partial charge >= 0.3 is 0 Å². The van der Waals surface area contributed by atoms with E-state index in [4.69, 9.17) is 5.73 Å². The second-order valence-electron chi connectivity index (χ2n) is 3.71. The molecule has 15 heavy (non-hydrogen) atoms. The summed E-state index contributed by atoms with van der Waals surface area (Å²) in [5.74, 6) is -1.02. The molecule has 4 atom stereocenters. The number of hydrogen-bond acceptors (Lipinski definition) is 4. The fraction of sp³-hybridized carbons (Fsp3) is 1.00. The van der Waals surface area contributed by atoms with Crippen LogP contribution in [-0.2, 0) is 4.57 Å². The third kappa shape index (κ3) is 4.25. The smallest absolute Gasteiger partial charge is 0.228 e. The van der Waals surface area contributed by atoms with E-state index in [0.29, 0.717) is 18.2 Å². The molecule has 0 aromatic rings. The summed E-state index contributed by atoms with van der Waals surface area (Å²) in [4.78, 5) is 9.58. The van der Waals surface area contributed by atoms with Crippen LogP contribution in [-0.4, -0.2) is 40.1 Å². The highest BCUT2D eigenvalue weighted by atomic mass is 35.5. The van der Waals surface area contributed by atoms with E-state index in [1.54, 1.807) is 11.8 Å². The van der Waals surface area contributed by atoms with Crippen LogP contribution in [0.15, 0.2) is 0 Å². The maximum atomic E-state index is 11.7. The van der Waals surface area contributed by atoms with Gasteiger partial charge in [0.25, 0.3) is 0 Å². The Labute approximate surface area is 101 Å². The predicted molar refractivity (Wildman–Crippen MR) is 67.0 cm³/mol. The normalized spacial score (nSPS) is 30.1. The van der Waals surface area contributed by atoms with E-state index >= 15 is 0 Å². The topological polar surface area (TPSA) is 83.5 Å². The summed E-state index contributed by atoms with van der Waals surface area (Å²) < 4.78 is 11.7. The molecule has 92 valence electrons. The predicted octanol–water partition coefficient (Wildman–Crippen LogP) is 1.10. The molecule has 4 unspecified atom stereocenters. The van der Waals surface area contributed by atoms with Gasteiger partial charge in [0.05, 0.1) is 0 Å². The molecular formula is C8H19ClNO3PS. The number of aliphatic hydroxyl groups excluding tert-OH is 1. The van der Waals surface area contributed by atoms with Crippen LogP contribution < -0.4 is 5.73 Å². The highest BCUT2D eigenvalue weighted by molar-refractivity contribution is 7.99. The summed E-state index contributed by atoms with van der Waals surface area (Å²) in [7, 11) is -3.38. The lowest BCUT2D eigenvalue weighted by Crippen LogP contribution is -2.15. The van der Waals surface area contributed by atoms with Gasteiger partial charge in [0.2, 0.25) is 7.37 Å². The first-order chi connectivity index (χ1) is 6.53. The maximum Gasteiger partial charge on any atom is 0.228 e. The van der Waals surface area contributed by atoms with Crippen molar-refractivity contribution in [1.29, 1.82) is 0 Å². The first-order valence-electron chi connectivity index (χ1n) is 4.75. The molecular weight excluding hydrogens is 257 g/mol. The Hall–Kier alpha value is 0.750. The van der Waals surface area contributed by atoms with Crippen molar-refractivity contribution in [1.82, 2.24) is 0 Å². The van der Waals surface area contributed by atoms with E-state index in [1.165, 1.54) is 0 Å². The Kier molecular flexibility index (Phi) is 6.80. The van der Waals surface area contributed by atoms with Crippen molar-refractivity contribution in [3.05, 3.63) is 0 Å². The van der Waals surface area contributed by atoms with Crippen molar-refractivity contribution in [2.45, 2.75) is 23.9 Å². The molecule has 0 spiro atoms. The molecule has 0 amide bonds. The van der Waals surface area contributed by atoms with Crippen molar-refractivity contribution in [3.63, 3.8) is 0 Å². The minimum atomic E-state index is -3.38. The molecule has 1 aliphatic rings. The summed E-state index contributed by atoms with van der Waals surface area (Å²) >= 11 is 1.65. The van der Waals surface area contributed by atoms with Gasteiger partial charge in [-0.3, -0.25) is 4.57 Å². The molecule has 7 heteroatoms. The van der Waals surface area contributed by atoms with Crippen molar-refractivity contribution in [3.8, 4) is 0 Å². The van der Waals surface area contributed by atoms with Gasteiger partial charge in [0, 0.05) is 17.3 Å².